The maximum Gasteiger partial charge on any atom is 0.0574 e. The van der Waals surface area contributed by atoms with E-state index < -0.39 is 0 Å². The Morgan fingerprint density at radius 3 is 2.79 bits per heavy atom. The summed E-state index contributed by atoms with van der Waals surface area (Å²) in [4.78, 5) is 2.58. The van der Waals surface area contributed by atoms with Crippen molar-refractivity contribution in [3.8, 4) is 12.3 Å². The average Bonchev–Trinajstić information content (AvgIpc) is 2.45. The molecule has 80 valence electrons. The predicted molar refractivity (Wildman–Crippen MR) is 61.2 cm³/mol. The van der Waals surface area contributed by atoms with E-state index in [1.165, 1.54) is 19.4 Å². The molecule has 0 aromatic rings. The molecule has 1 N–H and O–H groups in total. The zero-order valence-electron chi connectivity index (χ0n) is 9.64. The zero-order valence-corrected chi connectivity index (χ0v) is 9.64. The van der Waals surface area contributed by atoms with Crippen LogP contribution in [0.2, 0.25) is 0 Å². The minimum absolute atomic E-state index is 0.372. The Morgan fingerprint density at radius 1 is 1.57 bits per heavy atom. The van der Waals surface area contributed by atoms with Crippen LogP contribution in [0.5, 0.6) is 0 Å². The van der Waals surface area contributed by atoms with Gasteiger partial charge in [-0.05, 0) is 40.2 Å². The summed E-state index contributed by atoms with van der Waals surface area (Å²) in [7, 11) is 0. The highest BCUT2D eigenvalue weighted by Crippen LogP contribution is 2.29. The lowest BCUT2D eigenvalue weighted by Crippen LogP contribution is -2.48. The van der Waals surface area contributed by atoms with Crippen LogP contribution in [0.4, 0.5) is 0 Å². The molecule has 1 unspecified atom stereocenters. The lowest BCUT2D eigenvalue weighted by Gasteiger charge is -2.36. The zero-order chi connectivity index (χ0) is 10.6. The van der Waals surface area contributed by atoms with E-state index in [-0.39, 0.29) is 0 Å². The molecule has 0 radical (unpaired) electrons. The number of hydrogen-bond acceptors (Lipinski definition) is 2. The Bertz CT molecular complexity index is 215. The van der Waals surface area contributed by atoms with Gasteiger partial charge in [-0.3, -0.25) is 4.90 Å². The molecule has 1 fully saturated rings. The van der Waals surface area contributed by atoms with Gasteiger partial charge in [0.05, 0.1) is 6.54 Å². The maximum atomic E-state index is 5.20. The number of hydrogen-bond donors (Lipinski definition) is 1. The quantitative estimate of drug-likeness (QED) is 0.538. The first kappa shape index (κ1) is 11.6. The van der Waals surface area contributed by atoms with Gasteiger partial charge in [0, 0.05) is 18.1 Å². The van der Waals surface area contributed by atoms with Gasteiger partial charge in [-0.25, -0.2) is 0 Å². The van der Waals surface area contributed by atoms with Crippen molar-refractivity contribution < 1.29 is 0 Å². The fourth-order valence-corrected chi connectivity index (χ4v) is 2.41. The molecule has 0 bridgehead atoms. The van der Waals surface area contributed by atoms with Gasteiger partial charge in [-0.2, -0.15) is 0 Å². The van der Waals surface area contributed by atoms with Crippen molar-refractivity contribution >= 4 is 0 Å². The highest BCUT2D eigenvalue weighted by molar-refractivity contribution is 4.92. The molecule has 0 aliphatic carbocycles. The van der Waals surface area contributed by atoms with E-state index in [0.717, 1.165) is 6.54 Å². The van der Waals surface area contributed by atoms with E-state index in [0.29, 0.717) is 18.1 Å². The Morgan fingerprint density at radius 2 is 2.29 bits per heavy atom. The van der Waals surface area contributed by atoms with Gasteiger partial charge >= 0.3 is 0 Å². The summed E-state index contributed by atoms with van der Waals surface area (Å²) in [5.74, 6) is 2.60. The van der Waals surface area contributed by atoms with Gasteiger partial charge in [0.25, 0.3) is 0 Å². The smallest absolute Gasteiger partial charge is 0.0574 e. The molecule has 0 saturated carbocycles. The molecule has 0 amide bonds. The molecule has 0 aromatic heterocycles. The first-order valence-electron chi connectivity index (χ1n) is 5.49. The Balaban J connectivity index is 2.37. The third-order valence-corrected chi connectivity index (χ3v) is 3.16. The largest absolute Gasteiger partial charge is 0.305 e. The van der Waals surface area contributed by atoms with Gasteiger partial charge in [-0.1, -0.05) is 5.92 Å². The van der Waals surface area contributed by atoms with Crippen molar-refractivity contribution in [2.45, 2.75) is 45.2 Å². The van der Waals surface area contributed by atoms with Gasteiger partial charge in [-0.15, -0.1) is 6.42 Å². The van der Waals surface area contributed by atoms with Crippen LogP contribution in [0.15, 0.2) is 0 Å². The van der Waals surface area contributed by atoms with Crippen molar-refractivity contribution in [3.63, 3.8) is 0 Å². The Labute approximate surface area is 88.1 Å². The monoisotopic (exact) mass is 194 g/mol. The van der Waals surface area contributed by atoms with Crippen molar-refractivity contribution in [2.75, 3.05) is 19.6 Å². The van der Waals surface area contributed by atoms with Crippen LogP contribution >= 0.6 is 0 Å². The SMILES string of the molecule is C#CCNCC(C)N1CCCC1(C)C. The molecule has 14 heavy (non-hydrogen) atoms. The van der Waals surface area contributed by atoms with Crippen molar-refractivity contribution in [1.29, 1.82) is 0 Å². The van der Waals surface area contributed by atoms with Gasteiger partial charge in [0.2, 0.25) is 0 Å². The van der Waals surface area contributed by atoms with Crippen LogP contribution in [-0.2, 0) is 0 Å². The molecule has 1 atom stereocenters. The minimum Gasteiger partial charge on any atom is -0.305 e. The maximum absolute atomic E-state index is 5.20. The summed E-state index contributed by atoms with van der Waals surface area (Å²) in [6.45, 7) is 9.84. The van der Waals surface area contributed by atoms with Crippen LogP contribution in [0.25, 0.3) is 0 Å². The molecule has 2 nitrogen and oxygen atoms in total. The summed E-state index contributed by atoms with van der Waals surface area (Å²) in [6, 6.07) is 0.584. The van der Waals surface area contributed by atoms with Crippen LogP contribution in [0, 0.1) is 12.3 Å². The average molecular weight is 194 g/mol. The Hall–Kier alpha value is -0.520. The van der Waals surface area contributed by atoms with E-state index in [4.69, 9.17) is 6.42 Å². The van der Waals surface area contributed by atoms with Crippen molar-refractivity contribution in [3.05, 3.63) is 0 Å². The Kier molecular flexibility index (Phi) is 3.97. The summed E-state index contributed by atoms with van der Waals surface area (Å²) < 4.78 is 0. The lowest BCUT2D eigenvalue weighted by atomic mass is 10.0. The molecule has 1 aliphatic heterocycles. The molecular weight excluding hydrogens is 172 g/mol. The molecular formula is C12H22N2. The minimum atomic E-state index is 0.372. The van der Waals surface area contributed by atoms with E-state index >= 15 is 0 Å². The van der Waals surface area contributed by atoms with Crippen molar-refractivity contribution in [2.24, 2.45) is 0 Å². The number of nitrogens with zero attached hydrogens (tertiary/aromatic N) is 1. The first-order valence-corrected chi connectivity index (χ1v) is 5.49. The van der Waals surface area contributed by atoms with E-state index in [1.807, 2.05) is 0 Å². The van der Waals surface area contributed by atoms with Crippen molar-refractivity contribution in [1.82, 2.24) is 10.2 Å². The summed E-state index contributed by atoms with van der Waals surface area (Å²) in [5.41, 5.74) is 0.372. The van der Waals surface area contributed by atoms with Gasteiger partial charge in [0.15, 0.2) is 0 Å². The standard InChI is InChI=1S/C12H22N2/c1-5-8-13-10-11(2)14-9-6-7-12(14,3)4/h1,11,13H,6-10H2,2-4H3. The van der Waals surface area contributed by atoms with Crippen LogP contribution in [0.1, 0.15) is 33.6 Å². The molecule has 0 aromatic carbocycles. The fourth-order valence-electron chi connectivity index (χ4n) is 2.41. The van der Waals surface area contributed by atoms with Crippen LogP contribution in [0.3, 0.4) is 0 Å². The third kappa shape index (κ3) is 2.73. The summed E-state index contributed by atoms with van der Waals surface area (Å²) in [5, 5.41) is 3.27. The second kappa shape index (κ2) is 4.82. The molecule has 1 saturated heterocycles. The summed E-state index contributed by atoms with van der Waals surface area (Å²) in [6.07, 6.45) is 7.83. The fraction of sp³-hybridized carbons (Fsp3) is 0.833. The number of likely N-dealkylation sites (tertiary alicyclic amines) is 1. The second-order valence-electron chi connectivity index (χ2n) is 4.79. The predicted octanol–water partition coefficient (Wildman–Crippen LogP) is 1.47. The van der Waals surface area contributed by atoms with E-state index in [2.05, 4.69) is 36.9 Å². The molecule has 0 spiro atoms. The highest BCUT2D eigenvalue weighted by atomic mass is 15.2. The summed E-state index contributed by atoms with van der Waals surface area (Å²) >= 11 is 0. The second-order valence-corrected chi connectivity index (χ2v) is 4.79. The molecule has 1 aliphatic rings. The molecule has 2 heteroatoms. The van der Waals surface area contributed by atoms with Gasteiger partial charge < -0.3 is 5.32 Å². The number of nitrogens with one attached hydrogen (secondary N) is 1. The molecule has 1 rings (SSSR count). The van der Waals surface area contributed by atoms with Crippen LogP contribution < -0.4 is 5.32 Å². The lowest BCUT2D eigenvalue weighted by molar-refractivity contribution is 0.124. The number of rotatable bonds is 4. The topological polar surface area (TPSA) is 15.3 Å². The van der Waals surface area contributed by atoms with Crippen LogP contribution in [-0.4, -0.2) is 36.1 Å². The van der Waals surface area contributed by atoms with E-state index in [1.54, 1.807) is 0 Å². The van der Waals surface area contributed by atoms with E-state index in [9.17, 15) is 0 Å². The van der Waals surface area contributed by atoms with Gasteiger partial charge in [0.1, 0.15) is 0 Å². The molecule has 1 heterocycles. The first-order chi connectivity index (χ1) is 6.58. The highest BCUT2D eigenvalue weighted by Gasteiger charge is 2.34. The normalized spacial score (nSPS) is 23.3. The number of terminal acetylenes is 1. The third-order valence-electron chi connectivity index (χ3n) is 3.16.